The highest BCUT2D eigenvalue weighted by Gasteiger charge is 2.03. The van der Waals surface area contributed by atoms with E-state index in [9.17, 15) is 0 Å². The van der Waals surface area contributed by atoms with Gasteiger partial charge in [0, 0.05) is 26.7 Å². The van der Waals surface area contributed by atoms with E-state index < -0.39 is 0 Å². The lowest BCUT2D eigenvalue weighted by Gasteiger charge is -2.17. The molecule has 1 unspecified atom stereocenters. The molecule has 2 N–H and O–H groups in total. The summed E-state index contributed by atoms with van der Waals surface area (Å²) in [5, 5.41) is 6.57. The molecule has 0 fully saturated rings. The number of hydrogen-bond donors (Lipinski definition) is 2. The molecule has 96 valence electrons. The van der Waals surface area contributed by atoms with Crippen LogP contribution in [0.5, 0.6) is 0 Å². The lowest BCUT2D eigenvalue weighted by Crippen LogP contribution is -2.44. The molecule has 0 rings (SSSR count). The Morgan fingerprint density at radius 1 is 1.31 bits per heavy atom. The largest absolute Gasteiger partial charge is 0.383 e. The monoisotopic (exact) mass is 229 g/mol. The zero-order valence-corrected chi connectivity index (χ0v) is 11.3. The van der Waals surface area contributed by atoms with Gasteiger partial charge < -0.3 is 15.4 Å². The van der Waals surface area contributed by atoms with Gasteiger partial charge in [-0.05, 0) is 25.7 Å². The molecule has 0 spiro atoms. The van der Waals surface area contributed by atoms with Crippen LogP contribution in [-0.4, -0.2) is 39.3 Å². The van der Waals surface area contributed by atoms with Gasteiger partial charge in [0.25, 0.3) is 0 Å². The summed E-state index contributed by atoms with van der Waals surface area (Å²) in [5.74, 6) is 1.62. The maximum atomic E-state index is 5.06. The topological polar surface area (TPSA) is 45.7 Å². The molecule has 1 atom stereocenters. The lowest BCUT2D eigenvalue weighted by atomic mass is 10.1. The highest BCUT2D eigenvalue weighted by atomic mass is 16.5. The van der Waals surface area contributed by atoms with Gasteiger partial charge in [-0.3, -0.25) is 4.99 Å². The summed E-state index contributed by atoms with van der Waals surface area (Å²) >= 11 is 0. The molecule has 4 nitrogen and oxygen atoms in total. The molecule has 0 heterocycles. The van der Waals surface area contributed by atoms with Crippen LogP contribution in [0.2, 0.25) is 0 Å². The third-order valence-electron chi connectivity index (χ3n) is 2.27. The highest BCUT2D eigenvalue weighted by molar-refractivity contribution is 5.79. The summed E-state index contributed by atoms with van der Waals surface area (Å²) in [5.41, 5.74) is 0. The SMILES string of the molecule is CN=C(NCCCC(C)C)NC(C)COC. The second-order valence-corrected chi connectivity index (χ2v) is 4.54. The van der Waals surface area contributed by atoms with E-state index in [1.807, 2.05) is 0 Å². The number of hydrogen-bond acceptors (Lipinski definition) is 2. The first kappa shape index (κ1) is 15.2. The van der Waals surface area contributed by atoms with E-state index >= 15 is 0 Å². The number of rotatable bonds is 7. The zero-order valence-electron chi connectivity index (χ0n) is 11.3. The Labute approximate surface area is 99.9 Å². The number of nitrogens with zero attached hydrogens (tertiary/aromatic N) is 1. The fourth-order valence-corrected chi connectivity index (χ4v) is 1.44. The number of methoxy groups -OCH3 is 1. The Balaban J connectivity index is 3.68. The Bertz CT molecular complexity index is 193. The summed E-state index contributed by atoms with van der Waals surface area (Å²) in [6, 6.07) is 0.279. The van der Waals surface area contributed by atoms with Crippen molar-refractivity contribution in [2.45, 2.75) is 39.7 Å². The smallest absolute Gasteiger partial charge is 0.191 e. The van der Waals surface area contributed by atoms with Crippen molar-refractivity contribution >= 4 is 5.96 Å². The van der Waals surface area contributed by atoms with Gasteiger partial charge in [-0.15, -0.1) is 0 Å². The quantitative estimate of drug-likeness (QED) is 0.396. The normalized spacial score (nSPS) is 14.0. The van der Waals surface area contributed by atoms with Crippen molar-refractivity contribution in [2.75, 3.05) is 27.3 Å². The summed E-state index contributed by atoms with van der Waals surface area (Å²) in [4.78, 5) is 4.17. The van der Waals surface area contributed by atoms with Gasteiger partial charge in [0.15, 0.2) is 5.96 Å². The molecule has 0 aromatic heterocycles. The van der Waals surface area contributed by atoms with Crippen LogP contribution in [0.15, 0.2) is 4.99 Å². The van der Waals surface area contributed by atoms with E-state index in [1.165, 1.54) is 12.8 Å². The molecule has 0 saturated heterocycles. The number of ether oxygens (including phenoxy) is 1. The Hall–Kier alpha value is -0.770. The molecule has 0 aromatic rings. The molecule has 0 radical (unpaired) electrons. The fraction of sp³-hybridized carbons (Fsp3) is 0.917. The average Bonchev–Trinajstić information content (AvgIpc) is 2.22. The molecule has 16 heavy (non-hydrogen) atoms. The molecule has 0 aromatic carbocycles. The third kappa shape index (κ3) is 8.53. The van der Waals surface area contributed by atoms with Crippen LogP contribution in [0.25, 0.3) is 0 Å². The van der Waals surface area contributed by atoms with E-state index in [2.05, 4.69) is 36.4 Å². The standard InChI is InChI=1S/C12H27N3O/c1-10(2)7-6-8-14-12(13-4)15-11(3)9-16-5/h10-11H,6-9H2,1-5H3,(H2,13,14,15). The summed E-state index contributed by atoms with van der Waals surface area (Å²) in [7, 11) is 3.49. The van der Waals surface area contributed by atoms with E-state index in [4.69, 9.17) is 4.74 Å². The Morgan fingerprint density at radius 2 is 2.00 bits per heavy atom. The maximum Gasteiger partial charge on any atom is 0.191 e. The van der Waals surface area contributed by atoms with Crippen molar-refractivity contribution in [1.29, 1.82) is 0 Å². The minimum atomic E-state index is 0.279. The highest BCUT2D eigenvalue weighted by Crippen LogP contribution is 2.01. The lowest BCUT2D eigenvalue weighted by molar-refractivity contribution is 0.179. The first-order chi connectivity index (χ1) is 7.60. The summed E-state index contributed by atoms with van der Waals surface area (Å²) in [6.07, 6.45) is 2.43. The first-order valence-corrected chi connectivity index (χ1v) is 6.06. The molecule has 0 bridgehead atoms. The molecule has 0 aliphatic carbocycles. The minimum absolute atomic E-state index is 0.279. The molecule has 0 aliphatic heterocycles. The van der Waals surface area contributed by atoms with Gasteiger partial charge in [-0.1, -0.05) is 13.8 Å². The second kappa shape index (κ2) is 9.46. The van der Waals surface area contributed by atoms with E-state index in [0.717, 1.165) is 18.4 Å². The predicted molar refractivity (Wildman–Crippen MR) is 69.9 cm³/mol. The van der Waals surface area contributed by atoms with E-state index in [1.54, 1.807) is 14.2 Å². The van der Waals surface area contributed by atoms with Crippen molar-refractivity contribution in [3.05, 3.63) is 0 Å². The molecule has 0 aliphatic rings. The van der Waals surface area contributed by atoms with Crippen LogP contribution in [0.4, 0.5) is 0 Å². The fourth-order valence-electron chi connectivity index (χ4n) is 1.44. The summed E-state index contributed by atoms with van der Waals surface area (Å²) < 4.78 is 5.06. The van der Waals surface area contributed by atoms with Crippen molar-refractivity contribution in [2.24, 2.45) is 10.9 Å². The molecule has 0 amide bonds. The number of guanidine groups is 1. The second-order valence-electron chi connectivity index (χ2n) is 4.54. The number of nitrogens with one attached hydrogen (secondary N) is 2. The van der Waals surface area contributed by atoms with Crippen LogP contribution in [-0.2, 0) is 4.74 Å². The van der Waals surface area contributed by atoms with Crippen LogP contribution in [0.1, 0.15) is 33.6 Å². The van der Waals surface area contributed by atoms with Crippen molar-refractivity contribution < 1.29 is 4.74 Å². The molecule has 0 saturated carbocycles. The molecular formula is C12H27N3O. The number of aliphatic imine (C=N–C) groups is 1. The van der Waals surface area contributed by atoms with Crippen molar-refractivity contribution in [3.8, 4) is 0 Å². The van der Waals surface area contributed by atoms with Gasteiger partial charge in [0.2, 0.25) is 0 Å². The maximum absolute atomic E-state index is 5.06. The average molecular weight is 229 g/mol. The Morgan fingerprint density at radius 3 is 2.50 bits per heavy atom. The van der Waals surface area contributed by atoms with Gasteiger partial charge in [0.05, 0.1) is 6.61 Å². The minimum Gasteiger partial charge on any atom is -0.383 e. The predicted octanol–water partition coefficient (Wildman–Crippen LogP) is 1.62. The van der Waals surface area contributed by atoms with Gasteiger partial charge in [-0.25, -0.2) is 0 Å². The Kier molecular flexibility index (Phi) is 9.00. The van der Waals surface area contributed by atoms with Crippen molar-refractivity contribution in [1.82, 2.24) is 10.6 Å². The van der Waals surface area contributed by atoms with Crippen LogP contribution in [0.3, 0.4) is 0 Å². The molecule has 4 heteroatoms. The van der Waals surface area contributed by atoms with Crippen LogP contribution < -0.4 is 10.6 Å². The van der Waals surface area contributed by atoms with Gasteiger partial charge >= 0.3 is 0 Å². The molecular weight excluding hydrogens is 202 g/mol. The van der Waals surface area contributed by atoms with E-state index in [-0.39, 0.29) is 6.04 Å². The van der Waals surface area contributed by atoms with Gasteiger partial charge in [-0.2, -0.15) is 0 Å². The van der Waals surface area contributed by atoms with Gasteiger partial charge in [0.1, 0.15) is 0 Å². The summed E-state index contributed by atoms with van der Waals surface area (Å²) in [6.45, 7) is 8.22. The van der Waals surface area contributed by atoms with E-state index in [0.29, 0.717) is 6.61 Å². The zero-order chi connectivity index (χ0) is 12.4. The van der Waals surface area contributed by atoms with Crippen LogP contribution in [0, 0.1) is 5.92 Å². The van der Waals surface area contributed by atoms with Crippen LogP contribution >= 0.6 is 0 Å². The first-order valence-electron chi connectivity index (χ1n) is 6.06. The van der Waals surface area contributed by atoms with Crippen molar-refractivity contribution in [3.63, 3.8) is 0 Å². The third-order valence-corrected chi connectivity index (χ3v) is 2.27.